The van der Waals surface area contributed by atoms with Crippen LogP contribution in [-0.2, 0) is 0 Å². The third-order valence-electron chi connectivity index (χ3n) is 4.77. The zero-order valence-corrected chi connectivity index (χ0v) is 16.3. The molecule has 0 saturated heterocycles. The van der Waals surface area contributed by atoms with Gasteiger partial charge in [-0.05, 0) is 12.1 Å². The Morgan fingerprint density at radius 2 is 0.857 bits per heavy atom. The van der Waals surface area contributed by atoms with Crippen molar-refractivity contribution >= 4 is 9.24 Å². The second kappa shape index (κ2) is 18.5. The smallest absolute Gasteiger partial charge is 0.0353 e. The van der Waals surface area contributed by atoms with Gasteiger partial charge in [0, 0.05) is 0 Å². The van der Waals surface area contributed by atoms with Crippen LogP contribution in [0.15, 0.2) is 0 Å². The Morgan fingerprint density at radius 1 is 0.524 bits per heavy atom. The van der Waals surface area contributed by atoms with E-state index in [2.05, 4.69) is 23.1 Å². The molecule has 0 rings (SSSR count). The molecule has 2 unspecified atom stereocenters. The number of hydrogen-bond acceptors (Lipinski definition) is 0. The molecule has 0 saturated carbocycles. The van der Waals surface area contributed by atoms with Crippen LogP contribution in [0, 0.1) is 5.92 Å². The maximum absolute atomic E-state index is 2.98. The third kappa shape index (κ3) is 16.6. The normalized spacial score (nSPS) is 12.7. The topological polar surface area (TPSA) is 0 Å². The fraction of sp³-hybridized carbons (Fsp3) is 1.00. The quantitative estimate of drug-likeness (QED) is 0.190. The monoisotopic (exact) mass is 314 g/mol. The predicted octanol–water partition coefficient (Wildman–Crippen LogP) is 7.76. The van der Waals surface area contributed by atoms with Gasteiger partial charge in [-0.3, -0.25) is 0 Å². The summed E-state index contributed by atoms with van der Waals surface area (Å²) < 4.78 is 0. The first-order valence-corrected chi connectivity index (χ1v) is 10.9. The first-order valence-electron chi connectivity index (χ1n) is 10.0. The Hall–Kier alpha value is 0.430. The van der Waals surface area contributed by atoms with E-state index in [9.17, 15) is 0 Å². The summed E-state index contributed by atoms with van der Waals surface area (Å²) in [5, 5.41) is 0. The summed E-state index contributed by atoms with van der Waals surface area (Å²) in [4.78, 5) is 0. The van der Waals surface area contributed by atoms with E-state index >= 15 is 0 Å². The van der Waals surface area contributed by atoms with E-state index in [1.165, 1.54) is 109 Å². The third-order valence-corrected chi connectivity index (χ3v) is 5.43. The van der Waals surface area contributed by atoms with E-state index in [1.807, 2.05) is 0 Å². The molecule has 0 spiro atoms. The van der Waals surface area contributed by atoms with Gasteiger partial charge in [-0.25, -0.2) is 0 Å². The van der Waals surface area contributed by atoms with E-state index in [-0.39, 0.29) is 0 Å². The molecule has 0 bridgehead atoms. The van der Waals surface area contributed by atoms with Gasteiger partial charge in [0.2, 0.25) is 0 Å². The van der Waals surface area contributed by atoms with Crippen LogP contribution in [0.3, 0.4) is 0 Å². The van der Waals surface area contributed by atoms with Gasteiger partial charge in [0.1, 0.15) is 0 Å². The van der Waals surface area contributed by atoms with Crippen molar-refractivity contribution in [3.8, 4) is 0 Å². The van der Waals surface area contributed by atoms with Crippen LogP contribution in [0.5, 0.6) is 0 Å². The standard InChI is InChI=1S/C20H43P/c1-3-5-7-9-11-12-14-16-18-20(19-21)17-15-13-10-8-6-4-2/h20H,3-19,21H2,1-2H3. The van der Waals surface area contributed by atoms with Gasteiger partial charge >= 0.3 is 0 Å². The highest BCUT2D eigenvalue weighted by Crippen LogP contribution is 2.21. The van der Waals surface area contributed by atoms with Crippen LogP contribution < -0.4 is 0 Å². The first kappa shape index (κ1) is 21.4. The van der Waals surface area contributed by atoms with E-state index < -0.39 is 0 Å². The Labute approximate surface area is 138 Å². The molecule has 0 radical (unpaired) electrons. The Balaban J connectivity index is 3.28. The summed E-state index contributed by atoms with van der Waals surface area (Å²) in [5.74, 6) is 0.987. The van der Waals surface area contributed by atoms with Gasteiger partial charge in [-0.2, -0.15) is 0 Å². The van der Waals surface area contributed by atoms with Crippen LogP contribution >= 0.6 is 9.24 Å². The van der Waals surface area contributed by atoms with E-state index in [4.69, 9.17) is 0 Å². The molecule has 0 aliphatic heterocycles. The lowest BCUT2D eigenvalue weighted by atomic mass is 9.95. The average molecular weight is 315 g/mol. The van der Waals surface area contributed by atoms with Crippen molar-refractivity contribution in [2.45, 2.75) is 117 Å². The van der Waals surface area contributed by atoms with Crippen LogP contribution in [-0.4, -0.2) is 6.16 Å². The maximum Gasteiger partial charge on any atom is -0.0353 e. The van der Waals surface area contributed by atoms with E-state index in [1.54, 1.807) is 0 Å². The summed E-state index contributed by atoms with van der Waals surface area (Å²) >= 11 is 0. The molecule has 0 amide bonds. The molecule has 0 aliphatic rings. The summed E-state index contributed by atoms with van der Waals surface area (Å²) in [7, 11) is 2.98. The van der Waals surface area contributed by atoms with Gasteiger partial charge in [-0.1, -0.05) is 117 Å². The Morgan fingerprint density at radius 3 is 1.19 bits per heavy atom. The Bertz CT molecular complexity index is 179. The van der Waals surface area contributed by atoms with Crippen LogP contribution in [0.2, 0.25) is 0 Å². The van der Waals surface area contributed by atoms with Gasteiger partial charge in [-0.15, -0.1) is 9.24 Å². The largest absolute Gasteiger partial charge is 0.137 e. The van der Waals surface area contributed by atoms with Crippen LogP contribution in [0.4, 0.5) is 0 Å². The number of hydrogen-bond donors (Lipinski definition) is 0. The molecule has 0 aromatic carbocycles. The highest BCUT2D eigenvalue weighted by Gasteiger charge is 2.05. The molecule has 0 heterocycles. The van der Waals surface area contributed by atoms with Crippen molar-refractivity contribution in [3.63, 3.8) is 0 Å². The van der Waals surface area contributed by atoms with Crippen molar-refractivity contribution in [2.24, 2.45) is 5.92 Å². The summed E-state index contributed by atoms with van der Waals surface area (Å²) in [5.41, 5.74) is 0. The predicted molar refractivity (Wildman–Crippen MR) is 103 cm³/mol. The zero-order valence-electron chi connectivity index (χ0n) is 15.2. The van der Waals surface area contributed by atoms with Crippen molar-refractivity contribution in [2.75, 3.05) is 6.16 Å². The lowest BCUT2D eigenvalue weighted by molar-refractivity contribution is 0.436. The van der Waals surface area contributed by atoms with E-state index in [0.29, 0.717) is 0 Å². The number of rotatable bonds is 17. The summed E-state index contributed by atoms with van der Waals surface area (Å²) in [6, 6.07) is 0. The fourth-order valence-electron chi connectivity index (χ4n) is 3.16. The first-order chi connectivity index (χ1) is 10.3. The minimum absolute atomic E-state index is 0.987. The summed E-state index contributed by atoms with van der Waals surface area (Å²) in [6.07, 6.45) is 24.6. The lowest BCUT2D eigenvalue weighted by Crippen LogP contribution is -2.02. The molecule has 0 nitrogen and oxygen atoms in total. The van der Waals surface area contributed by atoms with Crippen molar-refractivity contribution in [3.05, 3.63) is 0 Å². The van der Waals surface area contributed by atoms with Crippen molar-refractivity contribution in [1.29, 1.82) is 0 Å². The highest BCUT2D eigenvalue weighted by molar-refractivity contribution is 7.16. The number of unbranched alkanes of at least 4 members (excludes halogenated alkanes) is 12. The molecule has 1 heteroatoms. The molecule has 2 atom stereocenters. The molecule has 0 fully saturated rings. The molecule has 0 aromatic rings. The molecule has 21 heavy (non-hydrogen) atoms. The second-order valence-corrected chi connectivity index (χ2v) is 7.39. The molecule has 128 valence electrons. The maximum atomic E-state index is 2.98. The van der Waals surface area contributed by atoms with Gasteiger partial charge < -0.3 is 0 Å². The van der Waals surface area contributed by atoms with Crippen LogP contribution in [0.1, 0.15) is 117 Å². The fourth-order valence-corrected chi connectivity index (χ4v) is 3.63. The van der Waals surface area contributed by atoms with Gasteiger partial charge in [0.05, 0.1) is 0 Å². The molecular weight excluding hydrogens is 271 g/mol. The van der Waals surface area contributed by atoms with Gasteiger partial charge in [0.25, 0.3) is 0 Å². The molecule has 0 aromatic heterocycles. The van der Waals surface area contributed by atoms with Gasteiger partial charge in [0.15, 0.2) is 0 Å². The summed E-state index contributed by atoms with van der Waals surface area (Å²) in [6.45, 7) is 4.60. The second-order valence-electron chi connectivity index (χ2n) is 6.92. The lowest BCUT2D eigenvalue weighted by Gasteiger charge is -2.14. The minimum atomic E-state index is 0.987. The SMILES string of the molecule is CCCCCCCCCCC(CP)CCCCCCCC. The molecule has 0 N–H and O–H groups in total. The Kier molecular flexibility index (Phi) is 18.9. The molecule has 0 aliphatic carbocycles. The van der Waals surface area contributed by atoms with E-state index in [0.717, 1.165) is 5.92 Å². The van der Waals surface area contributed by atoms with Crippen molar-refractivity contribution in [1.82, 2.24) is 0 Å². The van der Waals surface area contributed by atoms with Crippen molar-refractivity contribution < 1.29 is 0 Å². The van der Waals surface area contributed by atoms with Crippen LogP contribution in [0.25, 0.3) is 0 Å². The zero-order chi connectivity index (χ0) is 15.6. The average Bonchev–Trinajstić information content (AvgIpc) is 2.51. The highest BCUT2D eigenvalue weighted by atomic mass is 31.0. The molecular formula is C20H43P. The minimum Gasteiger partial charge on any atom is -0.137 e.